The summed E-state index contributed by atoms with van der Waals surface area (Å²) >= 11 is 1.85. The molecule has 0 N–H and O–H groups in total. The summed E-state index contributed by atoms with van der Waals surface area (Å²) in [6.45, 7) is 2.26. The minimum Gasteiger partial charge on any atom is -0.241 e. The molecule has 17 heavy (non-hydrogen) atoms. The van der Waals surface area contributed by atoms with Crippen LogP contribution in [0.2, 0.25) is 0 Å². The van der Waals surface area contributed by atoms with Crippen molar-refractivity contribution in [1.29, 1.82) is 0 Å². The first-order valence-electron chi connectivity index (χ1n) is 6.24. The summed E-state index contributed by atoms with van der Waals surface area (Å²) in [7, 11) is 0. The second-order valence-corrected chi connectivity index (χ2v) is 5.35. The van der Waals surface area contributed by atoms with Crippen molar-refractivity contribution in [2.45, 2.75) is 45.4 Å². The quantitative estimate of drug-likeness (QED) is 0.494. The second-order valence-electron chi connectivity index (χ2n) is 4.24. The number of rotatable bonds is 6. The van der Waals surface area contributed by atoms with Crippen LogP contribution >= 0.6 is 35.3 Å². The standard InChI is InChI=1S/C14H19NS.HI/c1-2-3-4-5-6-11-14-15-12-9-7-8-10-13(12)16-14;/h7-10H,2-6,11H2,1H3;1H. The summed E-state index contributed by atoms with van der Waals surface area (Å²) in [6, 6.07) is 8.42. The van der Waals surface area contributed by atoms with E-state index in [0.717, 1.165) is 11.9 Å². The Labute approximate surface area is 125 Å². The van der Waals surface area contributed by atoms with Gasteiger partial charge in [0.2, 0.25) is 0 Å². The lowest BCUT2D eigenvalue weighted by Crippen LogP contribution is -1.84. The van der Waals surface area contributed by atoms with E-state index in [-0.39, 0.29) is 24.0 Å². The van der Waals surface area contributed by atoms with E-state index in [1.165, 1.54) is 41.8 Å². The average molecular weight is 361 g/mol. The predicted molar refractivity (Wildman–Crippen MR) is 87.5 cm³/mol. The molecule has 2 aromatic rings. The summed E-state index contributed by atoms with van der Waals surface area (Å²) < 4.78 is 1.33. The van der Waals surface area contributed by atoms with Crippen LogP contribution in [0.4, 0.5) is 0 Å². The van der Waals surface area contributed by atoms with E-state index in [1.54, 1.807) is 0 Å². The van der Waals surface area contributed by atoms with Crippen molar-refractivity contribution in [1.82, 2.24) is 4.98 Å². The van der Waals surface area contributed by atoms with Crippen molar-refractivity contribution in [2.24, 2.45) is 0 Å². The number of benzene rings is 1. The van der Waals surface area contributed by atoms with Gasteiger partial charge in [0.15, 0.2) is 0 Å². The SMILES string of the molecule is CCCCCCCc1nc2ccccc2s1.I. The van der Waals surface area contributed by atoms with Crippen LogP contribution in [-0.4, -0.2) is 4.98 Å². The fourth-order valence-corrected chi connectivity index (χ4v) is 2.92. The fourth-order valence-electron chi connectivity index (χ4n) is 1.91. The maximum atomic E-state index is 4.65. The van der Waals surface area contributed by atoms with Gasteiger partial charge in [-0.05, 0) is 25.0 Å². The number of fused-ring (bicyclic) bond motifs is 1. The van der Waals surface area contributed by atoms with E-state index in [2.05, 4.69) is 36.2 Å². The van der Waals surface area contributed by atoms with Gasteiger partial charge < -0.3 is 0 Å². The van der Waals surface area contributed by atoms with Gasteiger partial charge in [-0.1, -0.05) is 44.7 Å². The number of nitrogens with zero attached hydrogens (tertiary/aromatic N) is 1. The van der Waals surface area contributed by atoms with E-state index in [9.17, 15) is 0 Å². The van der Waals surface area contributed by atoms with Crippen molar-refractivity contribution >= 4 is 45.5 Å². The number of halogens is 1. The monoisotopic (exact) mass is 361 g/mol. The first-order valence-corrected chi connectivity index (χ1v) is 7.06. The zero-order valence-electron chi connectivity index (χ0n) is 10.3. The molecule has 0 bridgehead atoms. The van der Waals surface area contributed by atoms with Crippen LogP contribution in [0.3, 0.4) is 0 Å². The molecule has 3 heteroatoms. The third kappa shape index (κ3) is 4.54. The summed E-state index contributed by atoms with van der Waals surface area (Å²) in [5, 5.41) is 1.30. The molecule has 0 spiro atoms. The number of aromatic nitrogens is 1. The van der Waals surface area contributed by atoms with Gasteiger partial charge >= 0.3 is 0 Å². The highest BCUT2D eigenvalue weighted by Gasteiger charge is 2.02. The van der Waals surface area contributed by atoms with E-state index in [0.29, 0.717) is 0 Å². The van der Waals surface area contributed by atoms with E-state index >= 15 is 0 Å². The van der Waals surface area contributed by atoms with Crippen molar-refractivity contribution in [3.8, 4) is 0 Å². The van der Waals surface area contributed by atoms with Crippen LogP contribution in [0.25, 0.3) is 10.2 Å². The number of aryl methyl sites for hydroxylation is 1. The number of hydrogen-bond donors (Lipinski definition) is 0. The lowest BCUT2D eigenvalue weighted by Gasteiger charge is -1.96. The van der Waals surface area contributed by atoms with Gasteiger partial charge in [0.25, 0.3) is 0 Å². The van der Waals surface area contributed by atoms with E-state index in [4.69, 9.17) is 0 Å². The number of hydrogen-bond acceptors (Lipinski definition) is 2. The molecular weight excluding hydrogens is 341 g/mol. The predicted octanol–water partition coefficient (Wildman–Crippen LogP) is 5.43. The van der Waals surface area contributed by atoms with Crippen LogP contribution in [0.1, 0.15) is 44.0 Å². The van der Waals surface area contributed by atoms with Crippen molar-refractivity contribution < 1.29 is 0 Å². The van der Waals surface area contributed by atoms with Crippen LogP contribution in [-0.2, 0) is 6.42 Å². The Kier molecular flexibility index (Phi) is 7.04. The summed E-state index contributed by atoms with van der Waals surface area (Å²) in [5.41, 5.74) is 1.16. The molecule has 0 saturated carbocycles. The van der Waals surface area contributed by atoms with E-state index in [1.807, 2.05) is 11.3 Å². The van der Waals surface area contributed by atoms with Crippen LogP contribution in [0, 0.1) is 0 Å². The van der Waals surface area contributed by atoms with Gasteiger partial charge in [0, 0.05) is 0 Å². The molecular formula is C14H20INS. The Balaban J connectivity index is 0.00000144. The zero-order chi connectivity index (χ0) is 11.2. The highest BCUT2D eigenvalue weighted by molar-refractivity contribution is 14.0. The number of unbranched alkanes of at least 4 members (excludes halogenated alkanes) is 4. The first kappa shape index (κ1) is 14.9. The van der Waals surface area contributed by atoms with Crippen molar-refractivity contribution in [3.63, 3.8) is 0 Å². The molecule has 0 amide bonds. The fraction of sp³-hybridized carbons (Fsp3) is 0.500. The maximum absolute atomic E-state index is 4.65. The summed E-state index contributed by atoms with van der Waals surface area (Å²) in [4.78, 5) is 4.65. The Bertz CT molecular complexity index is 405. The summed E-state index contributed by atoms with van der Waals surface area (Å²) in [6.07, 6.45) is 7.87. The van der Waals surface area contributed by atoms with Gasteiger partial charge in [-0.15, -0.1) is 35.3 Å². The van der Waals surface area contributed by atoms with Crippen molar-refractivity contribution in [2.75, 3.05) is 0 Å². The van der Waals surface area contributed by atoms with Crippen LogP contribution in [0.5, 0.6) is 0 Å². The Morgan fingerprint density at radius 1 is 1.06 bits per heavy atom. The third-order valence-electron chi connectivity index (χ3n) is 2.83. The average Bonchev–Trinajstić information content (AvgIpc) is 2.71. The Hall–Kier alpha value is -0.160. The molecule has 0 aliphatic rings. The lowest BCUT2D eigenvalue weighted by molar-refractivity contribution is 0.631. The Morgan fingerprint density at radius 2 is 1.82 bits per heavy atom. The molecule has 1 heterocycles. The maximum Gasteiger partial charge on any atom is 0.0938 e. The number of para-hydroxylation sites is 1. The largest absolute Gasteiger partial charge is 0.241 e. The minimum atomic E-state index is 0. The highest BCUT2D eigenvalue weighted by atomic mass is 127. The van der Waals surface area contributed by atoms with Gasteiger partial charge in [-0.2, -0.15) is 0 Å². The Morgan fingerprint density at radius 3 is 2.59 bits per heavy atom. The topological polar surface area (TPSA) is 12.9 Å². The molecule has 1 aromatic heterocycles. The smallest absolute Gasteiger partial charge is 0.0938 e. The van der Waals surface area contributed by atoms with Gasteiger partial charge in [-0.25, -0.2) is 4.98 Å². The van der Waals surface area contributed by atoms with Gasteiger partial charge in [0.05, 0.1) is 15.2 Å². The molecule has 2 rings (SSSR count). The molecule has 0 fully saturated rings. The van der Waals surface area contributed by atoms with Crippen LogP contribution < -0.4 is 0 Å². The second kappa shape index (κ2) is 8.03. The zero-order valence-corrected chi connectivity index (χ0v) is 13.5. The number of thiazole rings is 1. The molecule has 0 unspecified atom stereocenters. The molecule has 0 aliphatic carbocycles. The molecule has 0 radical (unpaired) electrons. The van der Waals surface area contributed by atoms with Crippen molar-refractivity contribution in [3.05, 3.63) is 29.3 Å². The van der Waals surface area contributed by atoms with Crippen LogP contribution in [0.15, 0.2) is 24.3 Å². The molecule has 1 aromatic carbocycles. The third-order valence-corrected chi connectivity index (χ3v) is 3.93. The van der Waals surface area contributed by atoms with Gasteiger partial charge in [-0.3, -0.25) is 0 Å². The highest BCUT2D eigenvalue weighted by Crippen LogP contribution is 2.22. The molecule has 94 valence electrons. The first-order chi connectivity index (χ1) is 7.90. The van der Waals surface area contributed by atoms with E-state index < -0.39 is 0 Å². The minimum absolute atomic E-state index is 0. The summed E-state index contributed by atoms with van der Waals surface area (Å²) in [5.74, 6) is 0. The molecule has 0 aliphatic heterocycles. The molecule has 0 atom stereocenters. The molecule has 0 saturated heterocycles. The lowest BCUT2D eigenvalue weighted by atomic mass is 10.1. The normalized spacial score (nSPS) is 10.4. The van der Waals surface area contributed by atoms with Gasteiger partial charge in [0.1, 0.15) is 0 Å². The molecule has 1 nitrogen and oxygen atoms in total.